The molecule has 2 aliphatic carbocycles. The number of aryl methyl sites for hydroxylation is 2. The molecule has 236 valence electrons. The highest BCUT2D eigenvalue weighted by Gasteiger charge is 2.41. The first-order valence-electron chi connectivity index (χ1n) is 16.8. The quantitative estimate of drug-likeness (QED) is 0.266. The average molecular weight is 600 g/mol. The third-order valence-electron chi connectivity index (χ3n) is 10.4. The SMILES string of the molecule is Cc1n[nH]c(C)c1-c1ccc(NC(=O)[C@@H](NC(=O)c2ccnn2CC2CN(C)C2)C(C2CCCCC2)C2CCCCC2)cc1. The van der Waals surface area contributed by atoms with E-state index in [0.717, 1.165) is 67.0 Å². The molecule has 3 heterocycles. The summed E-state index contributed by atoms with van der Waals surface area (Å²) in [4.78, 5) is 30.6. The molecule has 3 aromatic rings. The van der Waals surface area contributed by atoms with E-state index in [-0.39, 0.29) is 17.7 Å². The van der Waals surface area contributed by atoms with Crippen molar-refractivity contribution in [3.05, 3.63) is 53.6 Å². The second-order valence-corrected chi connectivity index (χ2v) is 13.7. The minimum absolute atomic E-state index is 0.116. The summed E-state index contributed by atoms with van der Waals surface area (Å²) >= 11 is 0. The molecule has 3 aliphatic rings. The van der Waals surface area contributed by atoms with E-state index in [1.807, 2.05) is 42.8 Å². The molecule has 1 aliphatic heterocycles. The first-order chi connectivity index (χ1) is 21.4. The lowest BCUT2D eigenvalue weighted by Gasteiger charge is -2.42. The standard InChI is InChI=1S/C35H49N7O2/c1-23-31(24(2)40-39-23)28-14-16-29(17-15-28)37-35(44)33(32(26-10-6-4-7-11-26)27-12-8-5-9-13-27)38-34(43)30-18-19-36-42(30)22-25-20-41(3)21-25/h14-19,25-27,32-33H,4-13,20-22H2,1-3H3,(H,37,44)(H,38,43)(H,39,40)/t33-/m0/s1. The molecule has 0 radical (unpaired) electrons. The number of nitrogens with zero attached hydrogens (tertiary/aromatic N) is 4. The minimum Gasteiger partial charge on any atom is -0.339 e. The van der Waals surface area contributed by atoms with Gasteiger partial charge in [0.15, 0.2) is 0 Å². The maximum Gasteiger partial charge on any atom is 0.270 e. The third-order valence-corrected chi connectivity index (χ3v) is 10.4. The predicted octanol–water partition coefficient (Wildman–Crippen LogP) is 5.97. The Kier molecular flexibility index (Phi) is 9.50. The molecule has 1 saturated heterocycles. The van der Waals surface area contributed by atoms with Crippen molar-refractivity contribution in [2.75, 3.05) is 25.5 Å². The van der Waals surface area contributed by atoms with E-state index in [2.05, 4.69) is 37.9 Å². The van der Waals surface area contributed by atoms with Crippen molar-refractivity contribution < 1.29 is 9.59 Å². The van der Waals surface area contributed by atoms with E-state index in [4.69, 9.17) is 0 Å². The highest BCUT2D eigenvalue weighted by atomic mass is 16.2. The van der Waals surface area contributed by atoms with Gasteiger partial charge in [-0.15, -0.1) is 0 Å². The number of nitrogens with one attached hydrogen (secondary N) is 3. The van der Waals surface area contributed by atoms with E-state index in [1.165, 1.54) is 38.5 Å². The smallest absolute Gasteiger partial charge is 0.270 e. The van der Waals surface area contributed by atoms with Gasteiger partial charge in [0.2, 0.25) is 5.91 Å². The molecule has 44 heavy (non-hydrogen) atoms. The molecular weight excluding hydrogens is 550 g/mol. The zero-order valence-corrected chi connectivity index (χ0v) is 26.6. The van der Waals surface area contributed by atoms with Crippen LogP contribution in [0.4, 0.5) is 5.69 Å². The second-order valence-electron chi connectivity index (χ2n) is 13.7. The van der Waals surface area contributed by atoms with Gasteiger partial charge in [0, 0.05) is 48.7 Å². The topological polar surface area (TPSA) is 108 Å². The zero-order chi connectivity index (χ0) is 30.6. The lowest BCUT2D eigenvalue weighted by molar-refractivity contribution is -0.120. The molecular formula is C35H49N7O2. The Labute approximate surface area is 261 Å². The van der Waals surface area contributed by atoms with Gasteiger partial charge in [-0.3, -0.25) is 19.4 Å². The van der Waals surface area contributed by atoms with Gasteiger partial charge < -0.3 is 15.5 Å². The van der Waals surface area contributed by atoms with Crippen LogP contribution in [0.1, 0.15) is 86.1 Å². The molecule has 2 amide bonds. The first kappa shape index (κ1) is 30.6. The summed E-state index contributed by atoms with van der Waals surface area (Å²) in [7, 11) is 2.11. The number of hydrogen-bond acceptors (Lipinski definition) is 5. The van der Waals surface area contributed by atoms with Crippen LogP contribution in [0.3, 0.4) is 0 Å². The minimum atomic E-state index is -0.607. The molecule has 3 fully saturated rings. The zero-order valence-electron chi connectivity index (χ0n) is 26.6. The van der Waals surface area contributed by atoms with Crippen LogP contribution in [-0.2, 0) is 11.3 Å². The van der Waals surface area contributed by atoms with Crippen LogP contribution in [0.25, 0.3) is 11.1 Å². The van der Waals surface area contributed by atoms with Gasteiger partial charge in [-0.05, 0) is 62.4 Å². The van der Waals surface area contributed by atoms with Gasteiger partial charge >= 0.3 is 0 Å². The molecule has 1 aromatic carbocycles. The molecule has 9 nitrogen and oxygen atoms in total. The maximum absolute atomic E-state index is 14.4. The summed E-state index contributed by atoms with van der Waals surface area (Å²) in [5.74, 6) is 1.16. The van der Waals surface area contributed by atoms with E-state index < -0.39 is 6.04 Å². The summed E-state index contributed by atoms with van der Waals surface area (Å²) in [6, 6.07) is 9.17. The fourth-order valence-electron chi connectivity index (χ4n) is 8.29. The van der Waals surface area contributed by atoms with Crippen molar-refractivity contribution in [3.8, 4) is 11.1 Å². The molecule has 2 aromatic heterocycles. The Morgan fingerprint density at radius 2 is 1.57 bits per heavy atom. The van der Waals surface area contributed by atoms with Crippen LogP contribution in [0, 0.1) is 37.5 Å². The Hall–Kier alpha value is -3.46. The van der Waals surface area contributed by atoms with Gasteiger partial charge in [-0.1, -0.05) is 76.3 Å². The Morgan fingerprint density at radius 3 is 2.14 bits per heavy atom. The van der Waals surface area contributed by atoms with Gasteiger partial charge in [0.25, 0.3) is 5.91 Å². The number of H-pyrrole nitrogens is 1. The Balaban J connectivity index is 1.26. The highest BCUT2D eigenvalue weighted by molar-refractivity contribution is 6.00. The number of anilines is 1. The van der Waals surface area contributed by atoms with Crippen molar-refractivity contribution in [2.45, 2.75) is 90.6 Å². The van der Waals surface area contributed by atoms with Crippen LogP contribution in [0.2, 0.25) is 0 Å². The summed E-state index contributed by atoms with van der Waals surface area (Å²) in [5.41, 5.74) is 5.40. The molecule has 3 N–H and O–H groups in total. The van der Waals surface area contributed by atoms with Gasteiger partial charge in [0.05, 0.1) is 5.69 Å². The third kappa shape index (κ3) is 6.77. The van der Waals surface area contributed by atoms with E-state index in [1.54, 1.807) is 12.3 Å². The molecule has 9 heteroatoms. The van der Waals surface area contributed by atoms with E-state index in [0.29, 0.717) is 30.0 Å². The summed E-state index contributed by atoms with van der Waals surface area (Å²) < 4.78 is 1.83. The van der Waals surface area contributed by atoms with Crippen LogP contribution >= 0.6 is 0 Å². The average Bonchev–Trinajstić information content (AvgIpc) is 3.63. The monoisotopic (exact) mass is 599 g/mol. The van der Waals surface area contributed by atoms with Crippen LogP contribution < -0.4 is 10.6 Å². The Morgan fingerprint density at radius 1 is 0.932 bits per heavy atom. The number of carbonyl (C=O) groups is 2. The van der Waals surface area contributed by atoms with Gasteiger partial charge in [0.1, 0.15) is 11.7 Å². The lowest BCUT2D eigenvalue weighted by Crippen LogP contribution is -2.53. The van der Waals surface area contributed by atoms with Crippen LogP contribution in [0.15, 0.2) is 36.5 Å². The van der Waals surface area contributed by atoms with Crippen molar-refractivity contribution >= 4 is 17.5 Å². The number of hydrogen-bond donors (Lipinski definition) is 3. The van der Waals surface area contributed by atoms with Crippen molar-refractivity contribution in [1.29, 1.82) is 0 Å². The fourth-order valence-corrected chi connectivity index (χ4v) is 8.29. The molecule has 2 saturated carbocycles. The molecule has 0 unspecified atom stereocenters. The number of rotatable bonds is 10. The second kappa shape index (κ2) is 13.7. The first-order valence-corrected chi connectivity index (χ1v) is 16.8. The molecule has 1 atom stereocenters. The van der Waals surface area contributed by atoms with Crippen molar-refractivity contribution in [2.24, 2.45) is 23.7 Å². The number of carbonyl (C=O) groups excluding carboxylic acids is 2. The normalized spacial score (nSPS) is 19.5. The lowest BCUT2D eigenvalue weighted by atomic mass is 9.66. The van der Waals surface area contributed by atoms with Gasteiger partial charge in [-0.2, -0.15) is 10.2 Å². The molecule has 0 bridgehead atoms. The summed E-state index contributed by atoms with van der Waals surface area (Å²) in [6.07, 6.45) is 13.6. The molecule has 0 spiro atoms. The summed E-state index contributed by atoms with van der Waals surface area (Å²) in [5, 5.41) is 18.4. The predicted molar refractivity (Wildman–Crippen MR) is 173 cm³/mol. The van der Waals surface area contributed by atoms with Gasteiger partial charge in [-0.25, -0.2) is 0 Å². The van der Waals surface area contributed by atoms with Crippen molar-refractivity contribution in [3.63, 3.8) is 0 Å². The maximum atomic E-state index is 14.4. The number of aromatic amines is 1. The number of aromatic nitrogens is 4. The van der Waals surface area contributed by atoms with E-state index in [9.17, 15) is 9.59 Å². The largest absolute Gasteiger partial charge is 0.339 e. The van der Waals surface area contributed by atoms with Crippen LogP contribution in [-0.4, -0.2) is 62.9 Å². The number of amides is 2. The van der Waals surface area contributed by atoms with Crippen LogP contribution in [0.5, 0.6) is 0 Å². The van der Waals surface area contributed by atoms with Crippen molar-refractivity contribution in [1.82, 2.24) is 30.2 Å². The fraction of sp³-hybridized carbons (Fsp3) is 0.600. The summed E-state index contributed by atoms with van der Waals surface area (Å²) in [6.45, 7) is 6.75. The molecule has 6 rings (SSSR count). The number of likely N-dealkylation sites (tertiary alicyclic amines) is 1. The van der Waals surface area contributed by atoms with E-state index >= 15 is 0 Å². The Bertz CT molecular complexity index is 1370. The number of benzene rings is 1. The highest BCUT2D eigenvalue weighted by Crippen LogP contribution is 2.42.